The number of nitriles is 1. The van der Waals surface area contributed by atoms with Crippen LogP contribution in [0.4, 0.5) is 5.69 Å². The number of rotatable bonds is 6. The molecule has 2 aromatic rings. The Hall–Kier alpha value is -2.35. The highest BCUT2D eigenvalue weighted by Crippen LogP contribution is 2.22. The third-order valence-electron chi connectivity index (χ3n) is 3.68. The normalized spacial score (nSPS) is 11.8. The van der Waals surface area contributed by atoms with Gasteiger partial charge in [-0.05, 0) is 29.7 Å². The first-order valence-electron chi connectivity index (χ1n) is 7.79. The fourth-order valence-corrected chi connectivity index (χ4v) is 2.71. The van der Waals surface area contributed by atoms with Crippen molar-refractivity contribution in [2.45, 2.75) is 19.9 Å². The lowest BCUT2D eigenvalue weighted by Crippen LogP contribution is -2.33. The summed E-state index contributed by atoms with van der Waals surface area (Å²) in [7, 11) is 0. The summed E-state index contributed by atoms with van der Waals surface area (Å²) >= 11 is 5.97. The molecule has 0 radical (unpaired) electrons. The number of carbonyl (C=O) groups is 1. The van der Waals surface area contributed by atoms with E-state index in [9.17, 15) is 4.79 Å². The number of benzene rings is 2. The average molecular weight is 342 g/mol. The number of halogens is 1. The summed E-state index contributed by atoms with van der Waals surface area (Å²) in [5, 5.41) is 15.3. The number of anilines is 1. The average Bonchev–Trinajstić information content (AvgIpc) is 2.56. The van der Waals surface area contributed by atoms with Crippen molar-refractivity contribution in [3.63, 3.8) is 0 Å². The second kappa shape index (κ2) is 8.49. The molecule has 2 aromatic carbocycles. The molecule has 2 rings (SSSR count). The quantitative estimate of drug-likeness (QED) is 0.830. The highest BCUT2D eigenvalue weighted by Gasteiger charge is 2.16. The van der Waals surface area contributed by atoms with Crippen LogP contribution < -0.4 is 10.6 Å². The van der Waals surface area contributed by atoms with Gasteiger partial charge in [-0.15, -0.1) is 0 Å². The van der Waals surface area contributed by atoms with E-state index in [-0.39, 0.29) is 18.5 Å². The summed E-state index contributed by atoms with van der Waals surface area (Å²) in [4.78, 5) is 12.2. The molecule has 0 aromatic heterocycles. The first kappa shape index (κ1) is 18.0. The van der Waals surface area contributed by atoms with E-state index >= 15 is 0 Å². The van der Waals surface area contributed by atoms with Gasteiger partial charge in [0, 0.05) is 11.7 Å². The maximum absolute atomic E-state index is 12.2. The maximum atomic E-state index is 12.2. The standard InChI is InChI=1S/C19H20ClN3O/c1-13(2)19(14-6-4-3-5-7-14)22-12-18(24)23-16-9-8-15(11-21)17(20)10-16/h3-10,13,19,22H,12H2,1-2H3,(H,23,24)/t19-/m0/s1. The maximum Gasteiger partial charge on any atom is 0.238 e. The summed E-state index contributed by atoms with van der Waals surface area (Å²) in [5.74, 6) is 0.196. The zero-order valence-corrected chi connectivity index (χ0v) is 14.5. The van der Waals surface area contributed by atoms with E-state index in [2.05, 4.69) is 36.6 Å². The van der Waals surface area contributed by atoms with Crippen LogP contribution >= 0.6 is 11.6 Å². The van der Waals surface area contributed by atoms with Crippen molar-refractivity contribution in [3.05, 3.63) is 64.7 Å². The van der Waals surface area contributed by atoms with E-state index in [0.717, 1.165) is 5.56 Å². The van der Waals surface area contributed by atoms with E-state index in [1.54, 1.807) is 18.2 Å². The fraction of sp³-hybridized carbons (Fsp3) is 0.263. The van der Waals surface area contributed by atoms with Crippen LogP contribution in [0.5, 0.6) is 0 Å². The van der Waals surface area contributed by atoms with Crippen LogP contribution in [0.1, 0.15) is 31.0 Å². The smallest absolute Gasteiger partial charge is 0.238 e. The van der Waals surface area contributed by atoms with Crippen LogP contribution in [0.2, 0.25) is 5.02 Å². The van der Waals surface area contributed by atoms with E-state index in [1.165, 1.54) is 0 Å². The molecule has 0 aliphatic carbocycles. The highest BCUT2D eigenvalue weighted by molar-refractivity contribution is 6.32. The van der Waals surface area contributed by atoms with E-state index in [0.29, 0.717) is 22.2 Å². The van der Waals surface area contributed by atoms with Gasteiger partial charge in [0.2, 0.25) is 5.91 Å². The lowest BCUT2D eigenvalue weighted by Gasteiger charge is -2.22. The van der Waals surface area contributed by atoms with Crippen molar-refractivity contribution in [1.29, 1.82) is 5.26 Å². The van der Waals surface area contributed by atoms with Gasteiger partial charge in [0.05, 0.1) is 17.1 Å². The third kappa shape index (κ3) is 4.82. The fourth-order valence-electron chi connectivity index (χ4n) is 2.49. The lowest BCUT2D eigenvalue weighted by molar-refractivity contribution is -0.115. The van der Waals surface area contributed by atoms with E-state index in [1.807, 2.05) is 24.3 Å². The van der Waals surface area contributed by atoms with E-state index in [4.69, 9.17) is 16.9 Å². The third-order valence-corrected chi connectivity index (χ3v) is 3.99. The molecule has 0 bridgehead atoms. The highest BCUT2D eigenvalue weighted by atomic mass is 35.5. The molecule has 0 heterocycles. The number of nitrogens with one attached hydrogen (secondary N) is 2. The van der Waals surface area contributed by atoms with Gasteiger partial charge in [-0.3, -0.25) is 4.79 Å². The largest absolute Gasteiger partial charge is 0.325 e. The molecule has 2 N–H and O–H groups in total. The van der Waals surface area contributed by atoms with Gasteiger partial charge in [-0.25, -0.2) is 0 Å². The minimum absolute atomic E-state index is 0.0986. The topological polar surface area (TPSA) is 64.9 Å². The zero-order chi connectivity index (χ0) is 17.5. The molecule has 0 aliphatic rings. The van der Waals surface area contributed by atoms with Gasteiger partial charge in [-0.1, -0.05) is 55.8 Å². The molecular weight excluding hydrogens is 322 g/mol. The Bertz CT molecular complexity index is 738. The SMILES string of the molecule is CC(C)[C@H](NCC(=O)Nc1ccc(C#N)c(Cl)c1)c1ccccc1. The van der Waals surface area contributed by atoms with E-state index < -0.39 is 0 Å². The summed E-state index contributed by atoms with van der Waals surface area (Å²) in [5.41, 5.74) is 2.12. The van der Waals surface area contributed by atoms with Crippen molar-refractivity contribution in [3.8, 4) is 6.07 Å². The van der Waals surface area contributed by atoms with Crippen LogP contribution in [-0.2, 0) is 4.79 Å². The Morgan fingerprint density at radius 2 is 1.92 bits per heavy atom. The summed E-state index contributed by atoms with van der Waals surface area (Å²) < 4.78 is 0. The summed E-state index contributed by atoms with van der Waals surface area (Å²) in [6.45, 7) is 4.42. The van der Waals surface area contributed by atoms with Crippen LogP contribution in [0, 0.1) is 17.2 Å². The molecule has 0 saturated heterocycles. The number of carbonyl (C=O) groups excluding carboxylic acids is 1. The molecule has 0 fully saturated rings. The molecule has 24 heavy (non-hydrogen) atoms. The number of nitrogens with zero attached hydrogens (tertiary/aromatic N) is 1. The van der Waals surface area contributed by atoms with Crippen LogP contribution in [0.15, 0.2) is 48.5 Å². The lowest BCUT2D eigenvalue weighted by atomic mass is 9.96. The van der Waals surface area contributed by atoms with Crippen molar-refractivity contribution in [2.75, 3.05) is 11.9 Å². The van der Waals surface area contributed by atoms with Gasteiger partial charge >= 0.3 is 0 Å². The molecule has 0 spiro atoms. The minimum atomic E-state index is -0.155. The van der Waals surface area contributed by atoms with Crippen molar-refractivity contribution >= 4 is 23.2 Å². The van der Waals surface area contributed by atoms with Gasteiger partial charge in [-0.2, -0.15) is 5.26 Å². The van der Waals surface area contributed by atoms with Crippen molar-refractivity contribution in [2.24, 2.45) is 5.92 Å². The first-order valence-corrected chi connectivity index (χ1v) is 8.17. The van der Waals surface area contributed by atoms with Crippen LogP contribution in [0.25, 0.3) is 0 Å². The molecule has 5 heteroatoms. The second-order valence-electron chi connectivity index (χ2n) is 5.87. The van der Waals surface area contributed by atoms with Gasteiger partial charge in [0.1, 0.15) is 6.07 Å². The Kier molecular flexibility index (Phi) is 6.36. The Morgan fingerprint density at radius 3 is 2.50 bits per heavy atom. The Labute approximate surface area is 147 Å². The first-order chi connectivity index (χ1) is 11.5. The predicted molar refractivity (Wildman–Crippen MR) is 96.8 cm³/mol. The van der Waals surface area contributed by atoms with Gasteiger partial charge in [0.25, 0.3) is 0 Å². The number of hydrogen-bond acceptors (Lipinski definition) is 3. The van der Waals surface area contributed by atoms with Crippen LogP contribution in [-0.4, -0.2) is 12.5 Å². The summed E-state index contributed by atoms with van der Waals surface area (Å²) in [6, 6.07) is 17.0. The Morgan fingerprint density at radius 1 is 1.21 bits per heavy atom. The number of amides is 1. The molecule has 0 aliphatic heterocycles. The Balaban J connectivity index is 1.97. The predicted octanol–water partition coefficient (Wildman–Crippen LogP) is 4.14. The van der Waals surface area contributed by atoms with Gasteiger partial charge in [0.15, 0.2) is 0 Å². The zero-order valence-electron chi connectivity index (χ0n) is 13.7. The monoisotopic (exact) mass is 341 g/mol. The molecule has 4 nitrogen and oxygen atoms in total. The minimum Gasteiger partial charge on any atom is -0.325 e. The molecule has 1 amide bonds. The number of hydrogen-bond donors (Lipinski definition) is 2. The van der Waals surface area contributed by atoms with Crippen LogP contribution in [0.3, 0.4) is 0 Å². The van der Waals surface area contributed by atoms with Gasteiger partial charge < -0.3 is 10.6 Å². The molecular formula is C19H20ClN3O. The summed E-state index contributed by atoms with van der Waals surface area (Å²) in [6.07, 6.45) is 0. The molecule has 0 unspecified atom stereocenters. The molecule has 0 saturated carbocycles. The molecule has 1 atom stereocenters. The van der Waals surface area contributed by atoms with Crippen molar-refractivity contribution < 1.29 is 4.79 Å². The van der Waals surface area contributed by atoms with Crippen molar-refractivity contribution in [1.82, 2.24) is 5.32 Å². The second-order valence-corrected chi connectivity index (χ2v) is 6.28. The molecule has 124 valence electrons.